The van der Waals surface area contributed by atoms with Crippen molar-refractivity contribution in [3.05, 3.63) is 41.4 Å². The van der Waals surface area contributed by atoms with Crippen LogP contribution in [0.15, 0.2) is 41.3 Å². The number of nitrogens with one attached hydrogen (secondary N) is 2. The minimum Gasteiger partial charge on any atom is -0.369 e. The third-order valence-electron chi connectivity index (χ3n) is 2.86. The van der Waals surface area contributed by atoms with Crippen LogP contribution in [0.3, 0.4) is 0 Å². The van der Waals surface area contributed by atoms with Gasteiger partial charge in [0, 0.05) is 11.6 Å². The molecule has 2 rings (SSSR count). The largest absolute Gasteiger partial charge is 0.369 e. The zero-order valence-corrected chi connectivity index (χ0v) is 13.7. The number of nitrogens with zero attached hydrogens (tertiary/aromatic N) is 2. The highest BCUT2D eigenvalue weighted by molar-refractivity contribution is 7.92. The van der Waals surface area contributed by atoms with E-state index in [1.54, 1.807) is 12.1 Å². The molecule has 6 nitrogen and oxygen atoms in total. The number of rotatable bonds is 7. The maximum Gasteiger partial charge on any atom is 0.263 e. The van der Waals surface area contributed by atoms with E-state index >= 15 is 0 Å². The Morgan fingerprint density at radius 1 is 1.05 bits per heavy atom. The van der Waals surface area contributed by atoms with Crippen molar-refractivity contribution in [1.82, 2.24) is 10.2 Å². The Kier molecular flexibility index (Phi) is 5.57. The highest BCUT2D eigenvalue weighted by Gasteiger charge is 2.14. The van der Waals surface area contributed by atoms with Crippen LogP contribution in [-0.4, -0.2) is 25.2 Å². The predicted octanol–water partition coefficient (Wildman–Crippen LogP) is 3.14. The topological polar surface area (TPSA) is 84.0 Å². The SMILES string of the molecule is CCCCNc1ccc(NS(=O)(=O)c2ccc(Cl)cc2)nn1. The van der Waals surface area contributed by atoms with E-state index in [1.807, 2.05) is 0 Å². The van der Waals surface area contributed by atoms with Crippen molar-refractivity contribution in [2.45, 2.75) is 24.7 Å². The molecule has 0 bridgehead atoms. The van der Waals surface area contributed by atoms with Crippen molar-refractivity contribution in [3.63, 3.8) is 0 Å². The smallest absolute Gasteiger partial charge is 0.263 e. The molecule has 22 heavy (non-hydrogen) atoms. The summed E-state index contributed by atoms with van der Waals surface area (Å²) in [7, 11) is -3.70. The van der Waals surface area contributed by atoms with Gasteiger partial charge in [0.25, 0.3) is 10.0 Å². The fourth-order valence-corrected chi connectivity index (χ4v) is 2.81. The lowest BCUT2D eigenvalue weighted by molar-refractivity contribution is 0.601. The normalized spacial score (nSPS) is 11.2. The van der Waals surface area contributed by atoms with Crippen LogP contribution < -0.4 is 10.0 Å². The van der Waals surface area contributed by atoms with Crippen LogP contribution in [0.4, 0.5) is 11.6 Å². The van der Waals surface area contributed by atoms with Crippen molar-refractivity contribution in [1.29, 1.82) is 0 Å². The molecule has 8 heteroatoms. The summed E-state index contributed by atoms with van der Waals surface area (Å²) in [5, 5.41) is 11.4. The fraction of sp³-hybridized carbons (Fsp3) is 0.286. The minimum atomic E-state index is -3.70. The molecule has 0 aliphatic heterocycles. The number of anilines is 2. The van der Waals surface area contributed by atoms with Gasteiger partial charge >= 0.3 is 0 Å². The van der Waals surface area contributed by atoms with Crippen LogP contribution in [0.1, 0.15) is 19.8 Å². The van der Waals surface area contributed by atoms with Gasteiger partial charge in [-0.2, -0.15) is 0 Å². The maximum atomic E-state index is 12.2. The van der Waals surface area contributed by atoms with Gasteiger partial charge in [0.2, 0.25) is 0 Å². The van der Waals surface area contributed by atoms with E-state index in [9.17, 15) is 8.42 Å². The summed E-state index contributed by atoms with van der Waals surface area (Å²) in [6, 6.07) is 9.14. The summed E-state index contributed by atoms with van der Waals surface area (Å²) < 4.78 is 26.7. The van der Waals surface area contributed by atoms with Crippen molar-refractivity contribution in [2.24, 2.45) is 0 Å². The molecule has 118 valence electrons. The quantitative estimate of drug-likeness (QED) is 0.756. The summed E-state index contributed by atoms with van der Waals surface area (Å²) in [5.74, 6) is 0.777. The third-order valence-corrected chi connectivity index (χ3v) is 4.49. The molecule has 0 fully saturated rings. The lowest BCUT2D eigenvalue weighted by Crippen LogP contribution is -2.14. The first kappa shape index (κ1) is 16.5. The number of aromatic nitrogens is 2. The zero-order valence-electron chi connectivity index (χ0n) is 12.1. The summed E-state index contributed by atoms with van der Waals surface area (Å²) in [6.45, 7) is 2.91. The summed E-state index contributed by atoms with van der Waals surface area (Å²) in [4.78, 5) is 0.115. The second-order valence-corrected chi connectivity index (χ2v) is 6.76. The summed E-state index contributed by atoms with van der Waals surface area (Å²) in [5.41, 5.74) is 0. The van der Waals surface area contributed by atoms with Crippen LogP contribution in [0.2, 0.25) is 5.02 Å². The van der Waals surface area contributed by atoms with Gasteiger partial charge in [-0.1, -0.05) is 24.9 Å². The number of benzene rings is 1. The van der Waals surface area contributed by atoms with Crippen LogP contribution >= 0.6 is 11.6 Å². The maximum absolute atomic E-state index is 12.2. The number of sulfonamides is 1. The second kappa shape index (κ2) is 7.42. The van der Waals surface area contributed by atoms with E-state index in [1.165, 1.54) is 24.3 Å². The Balaban J connectivity index is 2.05. The zero-order chi connectivity index (χ0) is 16.0. The molecule has 0 saturated carbocycles. The first-order chi connectivity index (χ1) is 10.5. The standard InChI is InChI=1S/C14H17ClN4O2S/c1-2-3-10-16-13-8-9-14(18-17-13)19-22(20,21)12-6-4-11(15)5-7-12/h4-9H,2-3,10H2,1H3,(H,16,17)(H,18,19). The molecule has 1 heterocycles. The summed E-state index contributed by atoms with van der Waals surface area (Å²) >= 11 is 5.75. The number of hydrogen-bond donors (Lipinski definition) is 2. The van der Waals surface area contributed by atoms with Crippen molar-refractivity contribution in [3.8, 4) is 0 Å². The fourth-order valence-electron chi connectivity index (χ4n) is 1.68. The predicted molar refractivity (Wildman–Crippen MR) is 87.7 cm³/mol. The van der Waals surface area contributed by atoms with E-state index in [2.05, 4.69) is 27.2 Å². The van der Waals surface area contributed by atoms with Crippen LogP contribution in [0.5, 0.6) is 0 Å². The molecule has 0 spiro atoms. The van der Waals surface area contributed by atoms with Gasteiger partial charge in [0.05, 0.1) is 4.90 Å². The molecule has 0 radical (unpaired) electrons. The lowest BCUT2D eigenvalue weighted by Gasteiger charge is -2.08. The third kappa shape index (κ3) is 4.57. The summed E-state index contributed by atoms with van der Waals surface area (Å²) in [6.07, 6.45) is 2.12. The molecule has 2 N–H and O–H groups in total. The van der Waals surface area contributed by atoms with Crippen molar-refractivity contribution >= 4 is 33.3 Å². The minimum absolute atomic E-state index is 0.115. The molecular weight excluding hydrogens is 324 g/mol. The average molecular weight is 341 g/mol. The lowest BCUT2D eigenvalue weighted by atomic mass is 10.3. The van der Waals surface area contributed by atoms with E-state index in [0.717, 1.165) is 19.4 Å². The van der Waals surface area contributed by atoms with Gasteiger partial charge in [-0.25, -0.2) is 8.42 Å². The van der Waals surface area contributed by atoms with E-state index < -0.39 is 10.0 Å². The first-order valence-corrected chi connectivity index (χ1v) is 8.73. The van der Waals surface area contributed by atoms with Gasteiger partial charge in [0.1, 0.15) is 5.82 Å². The van der Waals surface area contributed by atoms with Crippen LogP contribution in [0, 0.1) is 0 Å². The Morgan fingerprint density at radius 3 is 2.27 bits per heavy atom. The van der Waals surface area contributed by atoms with E-state index in [4.69, 9.17) is 11.6 Å². The molecule has 0 atom stereocenters. The van der Waals surface area contributed by atoms with Crippen LogP contribution in [-0.2, 0) is 10.0 Å². The Bertz CT molecular complexity index is 703. The molecule has 2 aromatic rings. The van der Waals surface area contributed by atoms with Crippen molar-refractivity contribution < 1.29 is 8.42 Å². The molecule has 0 aliphatic rings. The Labute approximate surface area is 135 Å². The molecule has 0 saturated heterocycles. The molecule has 0 unspecified atom stereocenters. The average Bonchev–Trinajstić information content (AvgIpc) is 2.49. The first-order valence-electron chi connectivity index (χ1n) is 6.87. The van der Waals surface area contributed by atoms with E-state index in [0.29, 0.717) is 10.8 Å². The van der Waals surface area contributed by atoms with Gasteiger partial charge in [-0.15, -0.1) is 10.2 Å². The Morgan fingerprint density at radius 2 is 1.68 bits per heavy atom. The van der Waals surface area contributed by atoms with Crippen molar-refractivity contribution in [2.75, 3.05) is 16.6 Å². The van der Waals surface area contributed by atoms with Gasteiger partial charge in [-0.3, -0.25) is 4.72 Å². The van der Waals surface area contributed by atoms with Crippen LogP contribution in [0.25, 0.3) is 0 Å². The number of unbranched alkanes of at least 4 members (excludes halogenated alkanes) is 1. The number of hydrogen-bond acceptors (Lipinski definition) is 5. The highest BCUT2D eigenvalue weighted by atomic mass is 35.5. The monoisotopic (exact) mass is 340 g/mol. The highest BCUT2D eigenvalue weighted by Crippen LogP contribution is 2.17. The molecule has 0 aliphatic carbocycles. The molecule has 0 amide bonds. The second-order valence-electron chi connectivity index (χ2n) is 4.64. The van der Waals surface area contributed by atoms with Gasteiger partial charge in [0.15, 0.2) is 5.82 Å². The molecular formula is C14H17ClN4O2S. The molecule has 1 aromatic heterocycles. The van der Waals surface area contributed by atoms with Gasteiger partial charge in [-0.05, 0) is 42.8 Å². The molecule has 1 aromatic carbocycles. The number of halogens is 1. The van der Waals surface area contributed by atoms with E-state index in [-0.39, 0.29) is 10.7 Å². The van der Waals surface area contributed by atoms with Gasteiger partial charge < -0.3 is 5.32 Å². The Hall–Kier alpha value is -1.86.